The van der Waals surface area contributed by atoms with E-state index in [4.69, 9.17) is 29.9 Å². The van der Waals surface area contributed by atoms with Gasteiger partial charge in [-0.05, 0) is 83.9 Å². The molecule has 12 aromatic carbocycles. The molecule has 0 spiro atoms. The van der Waals surface area contributed by atoms with Gasteiger partial charge in [-0.3, -0.25) is 0 Å². The Labute approximate surface area is 512 Å². The van der Waals surface area contributed by atoms with Crippen LogP contribution in [0.3, 0.4) is 0 Å². The molecule has 18 aromatic rings. The Bertz CT molecular complexity index is 5750. The van der Waals surface area contributed by atoms with E-state index in [-0.39, 0.29) is 0 Å². The lowest BCUT2D eigenvalue weighted by atomic mass is 10.00. The summed E-state index contributed by atoms with van der Waals surface area (Å²) in [5.74, 6) is 3.72. The Hall–Kier alpha value is -11.3. The van der Waals surface area contributed by atoms with Crippen LogP contribution in [0.1, 0.15) is 0 Å². The van der Waals surface area contributed by atoms with E-state index >= 15 is 0 Å². The SMILES string of the molecule is c1ccc(-c2nc(-c3ccccc3)nc(-c3ccc(-n4c5ccccc5c5c6sc7c(-c8cccc(-c9nc(-c%10ccccc%10)nc(-c%10cccc(-n%11c%12ccccc%12c%12c%13sc%14ccccc%14c%13ccc%12%11)c%10)n9)c8)cccc7c6ccc54)cc3)n2)cc1. The summed E-state index contributed by atoms with van der Waals surface area (Å²) in [7, 11) is 0. The number of hydrogen-bond donors (Lipinski definition) is 0. The quantitative estimate of drug-likeness (QED) is 0.143. The van der Waals surface area contributed by atoms with Crippen molar-refractivity contribution in [3.8, 4) is 90.8 Å². The summed E-state index contributed by atoms with van der Waals surface area (Å²) < 4.78 is 9.85. The highest BCUT2D eigenvalue weighted by Gasteiger charge is 2.23. The molecule has 410 valence electrons. The van der Waals surface area contributed by atoms with Crippen LogP contribution in [-0.2, 0) is 0 Å². The monoisotopic (exact) mass is 1160 g/mol. The average molecular weight is 1160 g/mol. The van der Waals surface area contributed by atoms with E-state index in [1.54, 1.807) is 0 Å². The smallest absolute Gasteiger partial charge is 0.164 e. The van der Waals surface area contributed by atoms with E-state index in [9.17, 15) is 0 Å². The van der Waals surface area contributed by atoms with E-state index in [1.165, 1.54) is 61.9 Å². The van der Waals surface area contributed by atoms with Crippen LogP contribution in [0.2, 0.25) is 0 Å². The van der Waals surface area contributed by atoms with Crippen molar-refractivity contribution in [3.63, 3.8) is 0 Å². The summed E-state index contributed by atoms with van der Waals surface area (Å²) in [5.41, 5.74) is 14.4. The minimum absolute atomic E-state index is 0.604. The molecule has 0 N–H and O–H groups in total. The molecule has 0 aliphatic rings. The molecule has 0 saturated heterocycles. The molecule has 88 heavy (non-hydrogen) atoms. The van der Waals surface area contributed by atoms with Gasteiger partial charge in [-0.25, -0.2) is 29.9 Å². The molecule has 0 radical (unpaired) electrons. The second kappa shape index (κ2) is 20.2. The van der Waals surface area contributed by atoms with Gasteiger partial charge >= 0.3 is 0 Å². The van der Waals surface area contributed by atoms with E-state index in [0.29, 0.717) is 34.9 Å². The Kier molecular flexibility index (Phi) is 11.5. The topological polar surface area (TPSA) is 87.2 Å². The molecule has 0 amide bonds. The third-order valence-corrected chi connectivity index (χ3v) is 19.5. The number of benzene rings is 12. The van der Waals surface area contributed by atoms with Crippen molar-refractivity contribution < 1.29 is 0 Å². The van der Waals surface area contributed by atoms with Crippen LogP contribution in [0.15, 0.2) is 279 Å². The molecular weight excluding hydrogens is 1110 g/mol. The third kappa shape index (κ3) is 8.11. The van der Waals surface area contributed by atoms with Crippen LogP contribution >= 0.6 is 22.7 Å². The van der Waals surface area contributed by atoms with Gasteiger partial charge in [0, 0.05) is 107 Å². The highest BCUT2D eigenvalue weighted by atomic mass is 32.1. The molecule has 0 fully saturated rings. The lowest BCUT2D eigenvalue weighted by molar-refractivity contribution is 1.07. The first-order chi connectivity index (χ1) is 43.6. The molecule has 0 saturated carbocycles. The number of aromatic nitrogens is 8. The highest BCUT2D eigenvalue weighted by molar-refractivity contribution is 7.27. The highest BCUT2D eigenvalue weighted by Crippen LogP contribution is 2.48. The Morgan fingerprint density at radius 1 is 0.227 bits per heavy atom. The number of nitrogens with zero attached hydrogens (tertiary/aromatic N) is 8. The summed E-state index contributed by atoms with van der Waals surface area (Å²) in [6.45, 7) is 0. The minimum Gasteiger partial charge on any atom is -0.309 e. The molecule has 10 heteroatoms. The van der Waals surface area contributed by atoms with Gasteiger partial charge < -0.3 is 9.13 Å². The van der Waals surface area contributed by atoms with Crippen LogP contribution in [0.4, 0.5) is 0 Å². The van der Waals surface area contributed by atoms with Gasteiger partial charge in [0.05, 0.1) is 22.1 Å². The predicted molar refractivity (Wildman–Crippen MR) is 366 cm³/mol. The first kappa shape index (κ1) is 50.1. The van der Waals surface area contributed by atoms with E-state index in [1.807, 2.05) is 102 Å². The molecule has 0 bridgehead atoms. The molecule has 0 aliphatic carbocycles. The maximum absolute atomic E-state index is 5.35. The summed E-state index contributed by atoms with van der Waals surface area (Å²) >= 11 is 3.73. The summed E-state index contributed by atoms with van der Waals surface area (Å²) in [6.07, 6.45) is 0. The first-order valence-electron chi connectivity index (χ1n) is 29.3. The Morgan fingerprint density at radius 2 is 0.625 bits per heavy atom. The lowest BCUT2D eigenvalue weighted by Crippen LogP contribution is -2.01. The maximum Gasteiger partial charge on any atom is 0.164 e. The van der Waals surface area contributed by atoms with Crippen molar-refractivity contribution in [2.75, 3.05) is 0 Å². The normalized spacial score (nSPS) is 11.9. The van der Waals surface area contributed by atoms with Crippen LogP contribution in [0, 0.1) is 0 Å². The zero-order valence-corrected chi connectivity index (χ0v) is 48.6. The van der Waals surface area contributed by atoms with E-state index in [2.05, 4.69) is 209 Å². The first-order valence-corrected chi connectivity index (χ1v) is 31.0. The van der Waals surface area contributed by atoms with Crippen molar-refractivity contribution in [3.05, 3.63) is 279 Å². The fourth-order valence-corrected chi connectivity index (χ4v) is 15.6. The second-order valence-electron chi connectivity index (χ2n) is 22.1. The molecule has 0 unspecified atom stereocenters. The van der Waals surface area contributed by atoms with Crippen molar-refractivity contribution in [1.82, 2.24) is 39.0 Å². The van der Waals surface area contributed by atoms with Crippen molar-refractivity contribution >= 4 is 107 Å². The Morgan fingerprint density at radius 3 is 1.20 bits per heavy atom. The van der Waals surface area contributed by atoms with Crippen LogP contribution in [0.5, 0.6) is 0 Å². The van der Waals surface area contributed by atoms with Gasteiger partial charge in [0.2, 0.25) is 0 Å². The number of fused-ring (bicyclic) bond motifs is 14. The summed E-state index contributed by atoms with van der Waals surface area (Å²) in [5, 5.41) is 9.97. The van der Waals surface area contributed by atoms with Gasteiger partial charge in [0.25, 0.3) is 0 Å². The van der Waals surface area contributed by atoms with Gasteiger partial charge in [0.15, 0.2) is 34.9 Å². The Balaban J connectivity index is 0.732. The lowest BCUT2D eigenvalue weighted by Gasteiger charge is -2.12. The largest absolute Gasteiger partial charge is 0.309 e. The van der Waals surface area contributed by atoms with Crippen LogP contribution in [0.25, 0.3) is 175 Å². The molecule has 8 nitrogen and oxygen atoms in total. The number of para-hydroxylation sites is 2. The van der Waals surface area contributed by atoms with Gasteiger partial charge in [-0.1, -0.05) is 206 Å². The van der Waals surface area contributed by atoms with E-state index < -0.39 is 0 Å². The molecule has 0 atom stereocenters. The fourth-order valence-electron chi connectivity index (χ4n) is 13.0. The van der Waals surface area contributed by atoms with E-state index in [0.717, 1.165) is 77.9 Å². The number of rotatable bonds is 9. The predicted octanol–water partition coefficient (Wildman–Crippen LogP) is 20.7. The minimum atomic E-state index is 0.604. The molecular formula is C78H46N8S2. The van der Waals surface area contributed by atoms with Crippen molar-refractivity contribution in [2.24, 2.45) is 0 Å². The van der Waals surface area contributed by atoms with Crippen LogP contribution in [-0.4, -0.2) is 39.0 Å². The average Bonchev–Trinajstić information content (AvgIpc) is 1.66. The standard InChI is InChI=1S/C78H46N8S2/c1-4-19-47(20-5-1)73-79-74(48-21-6-2-7-22-48)81-76(80-73)50-37-39-54(40-38-50)85-63-34-13-10-30-61(63)69-65(85)44-42-60-58-33-18-32-56(70(58)88-72(60)69)51-25-16-26-52(45-51)77-82-75(49-23-8-3-9-24-49)83-78(84-77)53-27-17-28-55(46-53)86-64-35-14-11-31-62(64)68-66(86)43-41-59-57-29-12-15-36-67(57)87-71(59)68/h1-46H. The molecule has 6 aromatic heterocycles. The van der Waals surface area contributed by atoms with Crippen molar-refractivity contribution in [1.29, 1.82) is 0 Å². The van der Waals surface area contributed by atoms with Gasteiger partial charge in [0.1, 0.15) is 0 Å². The zero-order chi connectivity index (χ0) is 57.8. The summed E-state index contributed by atoms with van der Waals surface area (Å²) in [4.78, 5) is 30.8. The second-order valence-corrected chi connectivity index (χ2v) is 24.2. The molecule has 6 heterocycles. The van der Waals surface area contributed by atoms with Gasteiger partial charge in [-0.2, -0.15) is 0 Å². The van der Waals surface area contributed by atoms with Crippen molar-refractivity contribution in [2.45, 2.75) is 0 Å². The molecule has 18 rings (SSSR count). The number of thiophene rings is 2. The molecule has 0 aliphatic heterocycles. The summed E-state index contributed by atoms with van der Waals surface area (Å²) in [6, 6.07) is 98.5. The maximum atomic E-state index is 5.35. The third-order valence-electron chi connectivity index (χ3n) is 17.0. The van der Waals surface area contributed by atoms with Crippen LogP contribution < -0.4 is 0 Å². The number of hydrogen-bond acceptors (Lipinski definition) is 8. The fraction of sp³-hybridized carbons (Fsp3) is 0. The zero-order valence-electron chi connectivity index (χ0n) is 47.0. The van der Waals surface area contributed by atoms with Gasteiger partial charge in [-0.15, -0.1) is 22.7 Å².